The third-order valence-electron chi connectivity index (χ3n) is 8.50. The Balaban J connectivity index is 1.52. The zero-order valence-electron chi connectivity index (χ0n) is 24.1. The first-order valence-corrected chi connectivity index (χ1v) is 14.5. The summed E-state index contributed by atoms with van der Waals surface area (Å²) >= 11 is 0. The van der Waals surface area contributed by atoms with Crippen LogP contribution in [-0.4, -0.2) is 84.1 Å². The van der Waals surface area contributed by atoms with Crippen LogP contribution < -0.4 is 14.5 Å². The van der Waals surface area contributed by atoms with Gasteiger partial charge in [0.2, 0.25) is 5.91 Å². The number of carbonyl (C=O) groups is 1. The average Bonchev–Trinajstić information content (AvgIpc) is 3.26. The van der Waals surface area contributed by atoms with Gasteiger partial charge in [-0.15, -0.1) is 0 Å². The van der Waals surface area contributed by atoms with Gasteiger partial charge in [-0.05, 0) is 57.5 Å². The van der Waals surface area contributed by atoms with Gasteiger partial charge in [0, 0.05) is 37.8 Å². The standard InChI is InChI=1S/C30H35F4N7O2/c1-3-26(42)41-16-15-40(17-20(41)11-12-35)28-22-8-6-14-39(25-10-4-9-23(31)27(25)30(32,33)34)18-24(22)36-29(37-28)43-19-21-7-5-13-38(21)2/h3-4,9-10,20-21H,1,5-8,11,13-19H2,2H3/t20?,21-/m0/s1. The Kier molecular flexibility index (Phi) is 9.05. The molecule has 1 aromatic heterocycles. The van der Waals surface area contributed by atoms with Gasteiger partial charge < -0.3 is 24.3 Å². The molecule has 9 nitrogen and oxygen atoms in total. The molecule has 13 heteroatoms. The summed E-state index contributed by atoms with van der Waals surface area (Å²) in [6.07, 6.45) is -0.519. The number of hydrogen-bond acceptors (Lipinski definition) is 8. The Morgan fingerprint density at radius 2 is 1.98 bits per heavy atom. The van der Waals surface area contributed by atoms with Crippen molar-refractivity contribution < 1.29 is 27.1 Å². The zero-order valence-corrected chi connectivity index (χ0v) is 24.1. The Labute approximate surface area is 248 Å². The molecule has 0 N–H and O–H groups in total. The average molecular weight is 602 g/mol. The molecule has 2 aromatic rings. The first-order valence-electron chi connectivity index (χ1n) is 14.5. The van der Waals surface area contributed by atoms with Crippen molar-refractivity contribution >= 4 is 17.4 Å². The summed E-state index contributed by atoms with van der Waals surface area (Å²) in [6.45, 7) is 6.28. The molecule has 3 aliphatic rings. The number of halogens is 4. The van der Waals surface area contributed by atoms with Crippen molar-refractivity contribution in [1.82, 2.24) is 19.8 Å². The number of benzene rings is 1. The van der Waals surface area contributed by atoms with E-state index in [9.17, 15) is 27.6 Å². The van der Waals surface area contributed by atoms with E-state index in [1.165, 1.54) is 23.1 Å². The second-order valence-corrected chi connectivity index (χ2v) is 11.2. The molecule has 0 aliphatic carbocycles. The van der Waals surface area contributed by atoms with Crippen molar-refractivity contribution in [3.05, 3.63) is 53.5 Å². The van der Waals surface area contributed by atoms with Crippen molar-refractivity contribution in [2.24, 2.45) is 0 Å². The molecule has 230 valence electrons. The van der Waals surface area contributed by atoms with Gasteiger partial charge in [0.05, 0.1) is 36.5 Å². The number of likely N-dealkylation sites (N-methyl/N-ethyl adjacent to an activating group) is 1. The summed E-state index contributed by atoms with van der Waals surface area (Å²) in [5.41, 5.74) is -0.245. The smallest absolute Gasteiger partial charge is 0.421 e. The van der Waals surface area contributed by atoms with E-state index in [-0.39, 0.29) is 43.2 Å². The predicted octanol–water partition coefficient (Wildman–Crippen LogP) is 4.18. The fourth-order valence-corrected chi connectivity index (χ4v) is 6.27. The third-order valence-corrected chi connectivity index (χ3v) is 8.50. The summed E-state index contributed by atoms with van der Waals surface area (Å²) in [4.78, 5) is 29.3. The highest BCUT2D eigenvalue weighted by molar-refractivity contribution is 5.87. The lowest BCUT2D eigenvalue weighted by Gasteiger charge is -2.41. The van der Waals surface area contributed by atoms with Crippen LogP contribution in [0.3, 0.4) is 0 Å². The topological polar surface area (TPSA) is 88.8 Å². The number of likely N-dealkylation sites (tertiary alicyclic amines) is 1. The molecular weight excluding hydrogens is 566 g/mol. The van der Waals surface area contributed by atoms with E-state index in [1.54, 1.807) is 4.90 Å². The fraction of sp³-hybridized carbons (Fsp3) is 0.533. The minimum atomic E-state index is -4.87. The van der Waals surface area contributed by atoms with Crippen LogP contribution in [0.4, 0.5) is 29.1 Å². The Morgan fingerprint density at radius 3 is 2.67 bits per heavy atom. The second kappa shape index (κ2) is 12.8. The van der Waals surface area contributed by atoms with Crippen molar-refractivity contribution in [3.63, 3.8) is 0 Å². The van der Waals surface area contributed by atoms with Crippen molar-refractivity contribution in [2.45, 2.75) is 56.9 Å². The summed E-state index contributed by atoms with van der Waals surface area (Å²) in [5.74, 6) is -0.985. The molecule has 0 spiro atoms. The quantitative estimate of drug-likeness (QED) is 0.345. The van der Waals surface area contributed by atoms with Crippen LogP contribution in [0.2, 0.25) is 0 Å². The highest BCUT2D eigenvalue weighted by atomic mass is 19.4. The van der Waals surface area contributed by atoms with Crippen LogP contribution >= 0.6 is 0 Å². The Hall–Kier alpha value is -3.92. The first-order chi connectivity index (χ1) is 20.6. The van der Waals surface area contributed by atoms with Crippen LogP contribution in [-0.2, 0) is 23.9 Å². The molecule has 3 aliphatic heterocycles. The monoisotopic (exact) mass is 601 g/mol. The summed E-state index contributed by atoms with van der Waals surface area (Å²) in [7, 11) is 2.03. The van der Waals surface area contributed by atoms with E-state index < -0.39 is 23.6 Å². The number of amides is 1. The van der Waals surface area contributed by atoms with Crippen molar-refractivity contribution in [3.8, 4) is 12.1 Å². The zero-order chi connectivity index (χ0) is 30.7. The highest BCUT2D eigenvalue weighted by Crippen LogP contribution is 2.40. The van der Waals surface area contributed by atoms with Gasteiger partial charge in [-0.2, -0.15) is 28.4 Å². The number of piperazine rings is 1. The number of hydrogen-bond donors (Lipinski definition) is 0. The molecule has 43 heavy (non-hydrogen) atoms. The molecule has 0 saturated carbocycles. The van der Waals surface area contributed by atoms with Gasteiger partial charge in [0.1, 0.15) is 23.8 Å². The minimum absolute atomic E-state index is 0.00756. The highest BCUT2D eigenvalue weighted by Gasteiger charge is 2.39. The number of rotatable bonds is 7. The van der Waals surface area contributed by atoms with E-state index in [1.807, 2.05) is 11.9 Å². The molecule has 1 unspecified atom stereocenters. The summed E-state index contributed by atoms with van der Waals surface area (Å²) < 4.78 is 62.5. The molecule has 0 bridgehead atoms. The van der Waals surface area contributed by atoms with E-state index >= 15 is 0 Å². The summed E-state index contributed by atoms with van der Waals surface area (Å²) in [6, 6.07) is 5.46. The number of fused-ring (bicyclic) bond motifs is 1. The van der Waals surface area contributed by atoms with Crippen molar-refractivity contribution in [1.29, 1.82) is 5.26 Å². The molecule has 5 rings (SSSR count). The van der Waals surface area contributed by atoms with E-state index in [0.29, 0.717) is 50.6 Å². The van der Waals surface area contributed by atoms with E-state index in [0.717, 1.165) is 31.0 Å². The molecule has 2 saturated heterocycles. The van der Waals surface area contributed by atoms with Gasteiger partial charge in [-0.3, -0.25) is 4.79 Å². The maximum Gasteiger partial charge on any atom is 0.421 e. The molecule has 1 aromatic carbocycles. The molecule has 2 atom stereocenters. The minimum Gasteiger partial charge on any atom is -0.462 e. The number of carbonyl (C=O) groups excluding carboxylic acids is 1. The van der Waals surface area contributed by atoms with E-state index in [4.69, 9.17) is 14.7 Å². The van der Waals surface area contributed by atoms with E-state index in [2.05, 4.69) is 17.5 Å². The lowest BCUT2D eigenvalue weighted by Crippen LogP contribution is -2.55. The number of ether oxygens (including phenoxy) is 1. The number of alkyl halides is 3. The van der Waals surface area contributed by atoms with Gasteiger partial charge >= 0.3 is 12.2 Å². The van der Waals surface area contributed by atoms with Gasteiger partial charge in [-0.25, -0.2) is 4.39 Å². The maximum atomic E-state index is 14.5. The Morgan fingerprint density at radius 1 is 1.16 bits per heavy atom. The van der Waals surface area contributed by atoms with Crippen LogP contribution in [0.1, 0.15) is 42.5 Å². The number of nitriles is 1. The van der Waals surface area contributed by atoms with Gasteiger partial charge in [-0.1, -0.05) is 12.6 Å². The second-order valence-electron chi connectivity index (χ2n) is 11.2. The van der Waals surface area contributed by atoms with Gasteiger partial charge in [0.15, 0.2) is 0 Å². The normalized spacial score (nSPS) is 21.3. The molecule has 2 fully saturated rings. The number of nitrogens with zero attached hydrogens (tertiary/aromatic N) is 7. The molecule has 4 heterocycles. The first kappa shape index (κ1) is 30.5. The number of aromatic nitrogens is 2. The molecule has 1 amide bonds. The Bertz CT molecular complexity index is 1400. The van der Waals surface area contributed by atoms with Crippen LogP contribution in [0.25, 0.3) is 0 Å². The predicted molar refractivity (Wildman–Crippen MR) is 152 cm³/mol. The largest absolute Gasteiger partial charge is 0.462 e. The SMILES string of the molecule is C=CC(=O)N1CCN(c2nc(OC[C@@H]3CCCN3C)nc3c2CCCN(c2cccc(F)c2C(F)(F)F)C3)CC1CC#N. The molecule has 0 radical (unpaired) electrons. The fourth-order valence-electron chi connectivity index (χ4n) is 6.27. The van der Waals surface area contributed by atoms with Gasteiger partial charge in [0.25, 0.3) is 0 Å². The van der Waals surface area contributed by atoms with Crippen LogP contribution in [0.5, 0.6) is 6.01 Å². The maximum absolute atomic E-state index is 14.5. The lowest BCUT2D eigenvalue weighted by molar-refractivity contribution is -0.139. The number of anilines is 2. The lowest BCUT2D eigenvalue weighted by atomic mass is 10.1. The van der Waals surface area contributed by atoms with Crippen molar-refractivity contribution in [2.75, 3.05) is 56.2 Å². The summed E-state index contributed by atoms with van der Waals surface area (Å²) in [5, 5.41) is 9.46. The third kappa shape index (κ3) is 6.54. The van der Waals surface area contributed by atoms with Crippen LogP contribution in [0, 0.1) is 17.1 Å². The molecular formula is C30H35F4N7O2. The van der Waals surface area contributed by atoms with Crippen LogP contribution in [0.15, 0.2) is 30.9 Å².